The quantitative estimate of drug-likeness (QED) is 0.515. The van der Waals surface area contributed by atoms with E-state index in [1.165, 1.54) is 0 Å². The highest BCUT2D eigenvalue weighted by molar-refractivity contribution is 5.34. The second-order valence-electron chi connectivity index (χ2n) is 1.62. The van der Waals surface area contributed by atoms with E-state index in [0.29, 0.717) is 5.82 Å². The van der Waals surface area contributed by atoms with Crippen molar-refractivity contribution in [1.82, 2.24) is 9.78 Å². The molecule has 46 valence electrons. The molecule has 1 aromatic rings. The smallest absolute Gasteiger partial charge is 0.252 e. The summed E-state index contributed by atoms with van der Waals surface area (Å²) in [5, 5.41) is 3.91. The summed E-state index contributed by atoms with van der Waals surface area (Å²) in [6.07, 6.45) is 1.64. The van der Waals surface area contributed by atoms with Crippen LogP contribution in [-0.4, -0.2) is 9.78 Å². The van der Waals surface area contributed by atoms with Crippen molar-refractivity contribution in [2.45, 2.75) is 13.5 Å². The van der Waals surface area contributed by atoms with Gasteiger partial charge in [-0.2, -0.15) is 4.68 Å². The van der Waals surface area contributed by atoms with Gasteiger partial charge >= 0.3 is 0 Å². The molecule has 0 aromatic carbocycles. The van der Waals surface area contributed by atoms with Gasteiger partial charge in [0.15, 0.2) is 0 Å². The van der Waals surface area contributed by atoms with E-state index in [0.717, 1.165) is 6.54 Å². The van der Waals surface area contributed by atoms with Crippen LogP contribution in [-0.2, 0) is 6.54 Å². The van der Waals surface area contributed by atoms with Crippen LogP contribution in [0.5, 0.6) is 0 Å². The zero-order valence-corrected chi connectivity index (χ0v) is 5.20. The maximum atomic E-state index is 6.67. The van der Waals surface area contributed by atoms with Crippen molar-refractivity contribution >= 4 is 5.82 Å². The molecule has 0 amide bonds. The van der Waals surface area contributed by atoms with Gasteiger partial charge in [-0.15, -0.1) is 5.10 Å². The number of hydrogen-bond acceptors (Lipinski definition) is 1. The molecular formula is C6H7N3. The zero-order chi connectivity index (χ0) is 6.69. The Morgan fingerprint density at radius 2 is 2.67 bits per heavy atom. The van der Waals surface area contributed by atoms with E-state index in [2.05, 4.69) is 9.94 Å². The molecule has 1 rings (SSSR count). The number of aromatic nitrogens is 2. The van der Waals surface area contributed by atoms with Gasteiger partial charge in [0.25, 0.3) is 5.82 Å². The van der Waals surface area contributed by atoms with Crippen molar-refractivity contribution in [1.29, 1.82) is 0 Å². The third kappa shape index (κ3) is 0.918. The lowest BCUT2D eigenvalue weighted by atomic mass is 10.6. The van der Waals surface area contributed by atoms with Crippen molar-refractivity contribution in [3.05, 3.63) is 23.7 Å². The first-order valence-corrected chi connectivity index (χ1v) is 2.77. The lowest BCUT2D eigenvalue weighted by Gasteiger charge is -1.90. The fraction of sp³-hybridized carbons (Fsp3) is 0.333. The molecule has 1 aromatic heterocycles. The minimum absolute atomic E-state index is 0.609. The van der Waals surface area contributed by atoms with Crippen LogP contribution < -0.4 is 0 Å². The molecule has 0 fully saturated rings. The summed E-state index contributed by atoms with van der Waals surface area (Å²) in [4.78, 5) is 3.25. The van der Waals surface area contributed by atoms with Crippen LogP contribution in [0, 0.1) is 6.57 Å². The summed E-state index contributed by atoms with van der Waals surface area (Å²) in [6.45, 7) is 9.40. The molecule has 9 heavy (non-hydrogen) atoms. The molecule has 0 radical (unpaired) electrons. The Hall–Kier alpha value is -1.30. The highest BCUT2D eigenvalue weighted by atomic mass is 15.3. The van der Waals surface area contributed by atoms with Gasteiger partial charge in [0.05, 0.1) is 12.7 Å². The van der Waals surface area contributed by atoms with Crippen molar-refractivity contribution in [2.24, 2.45) is 0 Å². The first-order valence-electron chi connectivity index (χ1n) is 2.77. The third-order valence-corrected chi connectivity index (χ3v) is 1.11. The van der Waals surface area contributed by atoms with Crippen LogP contribution in [0.4, 0.5) is 5.82 Å². The van der Waals surface area contributed by atoms with Gasteiger partial charge in [0, 0.05) is 0 Å². The maximum Gasteiger partial charge on any atom is 0.252 e. The molecule has 0 N–H and O–H groups in total. The van der Waals surface area contributed by atoms with E-state index < -0.39 is 0 Å². The summed E-state index contributed by atoms with van der Waals surface area (Å²) in [5.74, 6) is 0.609. The van der Waals surface area contributed by atoms with Gasteiger partial charge in [0.1, 0.15) is 0 Å². The van der Waals surface area contributed by atoms with E-state index in [9.17, 15) is 0 Å². The minimum atomic E-state index is 0.609. The second-order valence-corrected chi connectivity index (χ2v) is 1.62. The van der Waals surface area contributed by atoms with Gasteiger partial charge < -0.3 is 4.85 Å². The van der Waals surface area contributed by atoms with E-state index in [-0.39, 0.29) is 0 Å². The number of hydrogen-bond donors (Lipinski definition) is 0. The molecule has 0 saturated heterocycles. The molecule has 0 saturated carbocycles. The predicted molar refractivity (Wildman–Crippen MR) is 34.2 cm³/mol. The van der Waals surface area contributed by atoms with Gasteiger partial charge in [0.2, 0.25) is 0 Å². The molecular weight excluding hydrogens is 114 g/mol. The molecule has 0 bridgehead atoms. The largest absolute Gasteiger partial charge is 0.362 e. The van der Waals surface area contributed by atoms with Crippen LogP contribution in [0.25, 0.3) is 4.85 Å². The van der Waals surface area contributed by atoms with Crippen LogP contribution in [0.15, 0.2) is 12.3 Å². The standard InChI is InChI=1S/C6H7N3/c1-3-9-6(7-2)4-5-8-9/h4-5H,3H2,1H3. The zero-order valence-electron chi connectivity index (χ0n) is 5.20. The Bertz CT molecular complexity index is 231. The second kappa shape index (κ2) is 2.31. The first kappa shape index (κ1) is 5.83. The average Bonchev–Trinajstić information content (AvgIpc) is 2.33. The average molecular weight is 121 g/mol. The Balaban J connectivity index is 3.02. The van der Waals surface area contributed by atoms with Crippen molar-refractivity contribution in [3.8, 4) is 0 Å². The normalized spacial score (nSPS) is 8.89. The molecule has 0 aliphatic carbocycles. The van der Waals surface area contributed by atoms with Gasteiger partial charge in [-0.25, -0.2) is 0 Å². The lowest BCUT2D eigenvalue weighted by molar-refractivity contribution is 0.672. The third-order valence-electron chi connectivity index (χ3n) is 1.11. The summed E-state index contributed by atoms with van der Waals surface area (Å²) >= 11 is 0. The van der Waals surface area contributed by atoms with E-state index >= 15 is 0 Å². The van der Waals surface area contributed by atoms with Gasteiger partial charge in [-0.1, -0.05) is 6.57 Å². The number of nitrogens with zero attached hydrogens (tertiary/aromatic N) is 3. The lowest BCUT2D eigenvalue weighted by Crippen LogP contribution is -1.93. The molecule has 3 nitrogen and oxygen atoms in total. The maximum absolute atomic E-state index is 6.67. The van der Waals surface area contributed by atoms with E-state index in [1.54, 1.807) is 16.9 Å². The van der Waals surface area contributed by atoms with E-state index in [1.807, 2.05) is 6.92 Å². The number of aryl methyl sites for hydroxylation is 1. The SMILES string of the molecule is [C-]#[N+]c1ccnn1CC. The van der Waals surface area contributed by atoms with Crippen LogP contribution >= 0.6 is 0 Å². The Labute approximate surface area is 53.7 Å². The Morgan fingerprint density at radius 1 is 1.89 bits per heavy atom. The van der Waals surface area contributed by atoms with Gasteiger partial charge in [-0.05, 0) is 13.0 Å². The predicted octanol–water partition coefficient (Wildman–Crippen LogP) is 1.45. The highest BCUT2D eigenvalue weighted by Crippen LogP contribution is 2.08. The van der Waals surface area contributed by atoms with Crippen LogP contribution in [0.3, 0.4) is 0 Å². The fourth-order valence-corrected chi connectivity index (χ4v) is 0.664. The van der Waals surface area contributed by atoms with Crippen molar-refractivity contribution in [2.75, 3.05) is 0 Å². The van der Waals surface area contributed by atoms with Crippen LogP contribution in [0.1, 0.15) is 6.92 Å². The van der Waals surface area contributed by atoms with Crippen LogP contribution in [0.2, 0.25) is 0 Å². The molecule has 0 aliphatic heterocycles. The highest BCUT2D eigenvalue weighted by Gasteiger charge is 1.96. The Kier molecular flexibility index (Phi) is 1.50. The molecule has 1 heterocycles. The molecule has 0 spiro atoms. The van der Waals surface area contributed by atoms with E-state index in [4.69, 9.17) is 6.57 Å². The summed E-state index contributed by atoms with van der Waals surface area (Å²) in [5.41, 5.74) is 0. The summed E-state index contributed by atoms with van der Waals surface area (Å²) in [7, 11) is 0. The Morgan fingerprint density at radius 3 is 3.11 bits per heavy atom. The first-order chi connectivity index (χ1) is 4.38. The summed E-state index contributed by atoms with van der Waals surface area (Å²) in [6, 6.07) is 1.70. The minimum Gasteiger partial charge on any atom is -0.362 e. The molecule has 3 heteroatoms. The molecule has 0 atom stereocenters. The fourth-order valence-electron chi connectivity index (χ4n) is 0.664. The van der Waals surface area contributed by atoms with Crippen molar-refractivity contribution < 1.29 is 0 Å². The van der Waals surface area contributed by atoms with Crippen molar-refractivity contribution in [3.63, 3.8) is 0 Å². The molecule has 0 unspecified atom stereocenters. The number of rotatable bonds is 1. The topological polar surface area (TPSA) is 22.2 Å². The van der Waals surface area contributed by atoms with Gasteiger partial charge in [-0.3, -0.25) is 0 Å². The molecule has 0 aliphatic rings. The summed E-state index contributed by atoms with van der Waals surface area (Å²) < 4.78 is 1.66. The monoisotopic (exact) mass is 121 g/mol.